The molecule has 0 aliphatic rings. The van der Waals surface area contributed by atoms with E-state index >= 15 is 0 Å². The van der Waals surface area contributed by atoms with E-state index in [0.29, 0.717) is 36.9 Å². The monoisotopic (exact) mass is 480 g/mol. The molecular weight excluding hydrogens is 452 g/mol. The third kappa shape index (κ3) is 7.21. The normalized spacial score (nSPS) is 10.7. The Balaban J connectivity index is 1.30. The summed E-state index contributed by atoms with van der Waals surface area (Å²) in [6, 6.07) is 32.3. The van der Waals surface area contributed by atoms with Crippen molar-refractivity contribution in [2.75, 3.05) is 6.61 Å². The first kappa shape index (κ1) is 24.5. The van der Waals surface area contributed by atoms with Gasteiger partial charge in [0, 0.05) is 5.56 Å². The molecule has 0 radical (unpaired) electrons. The van der Waals surface area contributed by atoms with Crippen LogP contribution in [-0.2, 0) is 13.2 Å². The van der Waals surface area contributed by atoms with Gasteiger partial charge in [-0.1, -0.05) is 54.6 Å². The molecule has 182 valence electrons. The topological polar surface area (TPSA) is 69.2 Å². The average molecular weight is 481 g/mol. The van der Waals surface area contributed by atoms with Crippen LogP contribution >= 0.6 is 0 Å². The Morgan fingerprint density at radius 2 is 1.44 bits per heavy atom. The number of rotatable bonds is 11. The molecule has 0 aliphatic heterocycles. The lowest BCUT2D eigenvalue weighted by Crippen LogP contribution is -2.17. The van der Waals surface area contributed by atoms with Gasteiger partial charge in [0.15, 0.2) is 11.5 Å². The second-order valence-electron chi connectivity index (χ2n) is 7.91. The lowest BCUT2D eigenvalue weighted by molar-refractivity contribution is 0.0955. The molecule has 1 N–H and O–H groups in total. The summed E-state index contributed by atoms with van der Waals surface area (Å²) in [6.07, 6.45) is 1.59. The van der Waals surface area contributed by atoms with Crippen molar-refractivity contribution < 1.29 is 19.0 Å². The molecule has 36 heavy (non-hydrogen) atoms. The van der Waals surface area contributed by atoms with E-state index in [9.17, 15) is 4.79 Å². The molecule has 0 unspecified atom stereocenters. The molecule has 6 nitrogen and oxygen atoms in total. The van der Waals surface area contributed by atoms with Crippen LogP contribution in [0.3, 0.4) is 0 Å². The van der Waals surface area contributed by atoms with Crippen LogP contribution in [0.25, 0.3) is 0 Å². The summed E-state index contributed by atoms with van der Waals surface area (Å²) in [5.74, 6) is 1.86. The van der Waals surface area contributed by atoms with Gasteiger partial charge >= 0.3 is 0 Å². The van der Waals surface area contributed by atoms with Crippen LogP contribution in [0.15, 0.2) is 108 Å². The number of hydrogen-bond acceptors (Lipinski definition) is 5. The van der Waals surface area contributed by atoms with E-state index in [0.717, 1.165) is 22.4 Å². The second-order valence-corrected chi connectivity index (χ2v) is 7.91. The quantitative estimate of drug-likeness (QED) is 0.211. The Morgan fingerprint density at radius 3 is 2.17 bits per heavy atom. The number of benzene rings is 4. The van der Waals surface area contributed by atoms with Crippen molar-refractivity contribution in [2.24, 2.45) is 5.10 Å². The fourth-order valence-corrected chi connectivity index (χ4v) is 3.40. The van der Waals surface area contributed by atoms with Crippen LogP contribution in [0, 0.1) is 0 Å². The Bertz CT molecular complexity index is 1270. The van der Waals surface area contributed by atoms with Crippen LogP contribution in [0.5, 0.6) is 17.2 Å². The maximum Gasteiger partial charge on any atom is 0.271 e. The second kappa shape index (κ2) is 12.8. The predicted octanol–water partition coefficient (Wildman–Crippen LogP) is 6.01. The number of hydrazone groups is 1. The molecule has 4 rings (SSSR count). The largest absolute Gasteiger partial charge is 0.490 e. The zero-order valence-electron chi connectivity index (χ0n) is 20.1. The molecule has 4 aromatic rings. The van der Waals surface area contributed by atoms with Crippen molar-refractivity contribution in [3.8, 4) is 17.2 Å². The molecule has 1 amide bonds. The zero-order valence-corrected chi connectivity index (χ0v) is 20.1. The van der Waals surface area contributed by atoms with Gasteiger partial charge in [-0.05, 0) is 72.1 Å². The van der Waals surface area contributed by atoms with E-state index in [4.69, 9.17) is 14.2 Å². The zero-order chi connectivity index (χ0) is 25.0. The molecule has 0 spiro atoms. The van der Waals surface area contributed by atoms with Gasteiger partial charge in [-0.3, -0.25) is 4.79 Å². The Morgan fingerprint density at radius 1 is 0.750 bits per heavy atom. The highest BCUT2D eigenvalue weighted by atomic mass is 16.5. The smallest absolute Gasteiger partial charge is 0.271 e. The number of carbonyl (C=O) groups is 1. The summed E-state index contributed by atoms with van der Waals surface area (Å²) in [5.41, 5.74) is 5.99. The van der Waals surface area contributed by atoms with Crippen LogP contribution < -0.4 is 19.6 Å². The third-order valence-electron chi connectivity index (χ3n) is 5.25. The van der Waals surface area contributed by atoms with Crippen molar-refractivity contribution in [3.63, 3.8) is 0 Å². The molecule has 0 aliphatic carbocycles. The molecule has 0 saturated carbocycles. The summed E-state index contributed by atoms with van der Waals surface area (Å²) in [7, 11) is 0. The van der Waals surface area contributed by atoms with Crippen LogP contribution in [-0.4, -0.2) is 18.7 Å². The molecule has 0 aromatic heterocycles. The van der Waals surface area contributed by atoms with Crippen molar-refractivity contribution >= 4 is 12.1 Å². The highest BCUT2D eigenvalue weighted by molar-refractivity contribution is 5.94. The minimum Gasteiger partial charge on any atom is -0.490 e. The Labute approximate surface area is 211 Å². The van der Waals surface area contributed by atoms with E-state index in [-0.39, 0.29) is 5.91 Å². The van der Waals surface area contributed by atoms with Crippen molar-refractivity contribution in [2.45, 2.75) is 20.1 Å². The number of ether oxygens (including phenoxy) is 3. The van der Waals surface area contributed by atoms with Gasteiger partial charge in [0.2, 0.25) is 0 Å². The number of carbonyl (C=O) groups excluding carboxylic acids is 1. The summed E-state index contributed by atoms with van der Waals surface area (Å²) in [5, 5.41) is 4.02. The summed E-state index contributed by atoms with van der Waals surface area (Å²) in [4.78, 5) is 12.0. The first-order chi connectivity index (χ1) is 17.7. The molecule has 0 bridgehead atoms. The standard InChI is InChI=1S/C30H28N2O4/c1-2-34-29-19-25(15-18-28(29)36-21-24-9-5-3-6-10-24)22-35-27-16-13-23(14-17-27)20-31-32-30(33)26-11-7-4-8-12-26/h3-20H,2,21-22H2,1H3,(H,32,33)/b31-20+. The maximum absolute atomic E-state index is 12.0. The van der Waals surface area contributed by atoms with E-state index in [2.05, 4.69) is 10.5 Å². The number of nitrogens with one attached hydrogen (secondary N) is 1. The lowest BCUT2D eigenvalue weighted by Gasteiger charge is -2.14. The minimum absolute atomic E-state index is 0.255. The van der Waals surface area contributed by atoms with Gasteiger partial charge in [-0.25, -0.2) is 5.43 Å². The summed E-state index contributed by atoms with van der Waals surface area (Å²) < 4.78 is 17.7. The fraction of sp³-hybridized carbons (Fsp3) is 0.133. The molecule has 0 saturated heterocycles. The lowest BCUT2D eigenvalue weighted by atomic mass is 10.2. The van der Waals surface area contributed by atoms with Crippen LogP contribution in [0.1, 0.15) is 34.0 Å². The SMILES string of the molecule is CCOc1cc(COc2ccc(/C=N/NC(=O)c3ccccc3)cc2)ccc1OCc1ccccc1. The average Bonchev–Trinajstić information content (AvgIpc) is 2.93. The minimum atomic E-state index is -0.255. The van der Waals surface area contributed by atoms with Gasteiger partial charge in [0.05, 0.1) is 12.8 Å². The fourth-order valence-electron chi connectivity index (χ4n) is 3.40. The molecule has 0 heterocycles. The van der Waals surface area contributed by atoms with E-state index in [1.807, 2.05) is 97.9 Å². The summed E-state index contributed by atoms with van der Waals surface area (Å²) in [6.45, 7) is 3.35. The van der Waals surface area contributed by atoms with Gasteiger partial charge in [0.1, 0.15) is 19.0 Å². The van der Waals surface area contributed by atoms with E-state index < -0.39 is 0 Å². The van der Waals surface area contributed by atoms with E-state index in [1.165, 1.54) is 0 Å². The van der Waals surface area contributed by atoms with Crippen molar-refractivity contribution in [3.05, 3.63) is 125 Å². The number of nitrogens with zero attached hydrogens (tertiary/aromatic N) is 1. The van der Waals surface area contributed by atoms with Crippen molar-refractivity contribution in [1.29, 1.82) is 0 Å². The first-order valence-corrected chi connectivity index (χ1v) is 11.7. The van der Waals surface area contributed by atoms with E-state index in [1.54, 1.807) is 18.3 Å². The summed E-state index contributed by atoms with van der Waals surface area (Å²) >= 11 is 0. The molecular formula is C30H28N2O4. The molecule has 0 atom stereocenters. The van der Waals surface area contributed by atoms with Crippen LogP contribution in [0.2, 0.25) is 0 Å². The van der Waals surface area contributed by atoms with Crippen molar-refractivity contribution in [1.82, 2.24) is 5.43 Å². The maximum atomic E-state index is 12.0. The highest BCUT2D eigenvalue weighted by Crippen LogP contribution is 2.30. The van der Waals surface area contributed by atoms with Gasteiger partial charge in [0.25, 0.3) is 5.91 Å². The van der Waals surface area contributed by atoms with Gasteiger partial charge < -0.3 is 14.2 Å². The Hall–Kier alpha value is -4.58. The number of hydrogen-bond donors (Lipinski definition) is 1. The van der Waals surface area contributed by atoms with Gasteiger partial charge in [-0.15, -0.1) is 0 Å². The van der Waals surface area contributed by atoms with Crippen LogP contribution in [0.4, 0.5) is 0 Å². The molecule has 6 heteroatoms. The highest BCUT2D eigenvalue weighted by Gasteiger charge is 2.08. The molecule has 4 aromatic carbocycles. The number of amides is 1. The predicted molar refractivity (Wildman–Crippen MR) is 141 cm³/mol. The Kier molecular flexibility index (Phi) is 8.70. The first-order valence-electron chi connectivity index (χ1n) is 11.7. The third-order valence-corrected chi connectivity index (χ3v) is 5.25. The molecule has 0 fully saturated rings. The van der Waals surface area contributed by atoms with Gasteiger partial charge in [-0.2, -0.15) is 5.10 Å².